The van der Waals surface area contributed by atoms with Crippen LogP contribution in [0.25, 0.3) is 10.9 Å². The molecule has 0 atom stereocenters. The summed E-state index contributed by atoms with van der Waals surface area (Å²) in [6.07, 6.45) is 2.64. The summed E-state index contributed by atoms with van der Waals surface area (Å²) >= 11 is 0. The molecule has 0 aliphatic carbocycles. The Hall–Kier alpha value is -2.62. The maximum absolute atomic E-state index is 13.5. The van der Waals surface area contributed by atoms with Crippen molar-refractivity contribution in [2.24, 2.45) is 4.99 Å². The van der Waals surface area contributed by atoms with Gasteiger partial charge in [-0.2, -0.15) is 0 Å². The molecule has 4 N–H and O–H groups in total. The lowest BCUT2D eigenvalue weighted by Crippen LogP contribution is -2.40. The number of amides is 1. The molecule has 0 unspecified atom stereocenters. The zero-order chi connectivity index (χ0) is 22.4. The molecule has 0 aliphatic heterocycles. The van der Waals surface area contributed by atoms with E-state index in [2.05, 4.69) is 25.9 Å². The Morgan fingerprint density at radius 2 is 1.91 bits per heavy atom. The third kappa shape index (κ3) is 7.22. The predicted octanol–water partition coefficient (Wildman–Crippen LogP) is 4.36. The number of carbonyl (C=O) groups excluding carboxylic acids is 1. The summed E-state index contributed by atoms with van der Waals surface area (Å²) in [7, 11) is 1.71. The number of hydrogen-bond donors (Lipinski definition) is 4. The van der Waals surface area contributed by atoms with Crippen LogP contribution in [0.3, 0.4) is 0 Å². The number of rotatable bonds is 6. The molecule has 3 rings (SSSR count). The number of benzene rings is 2. The summed E-state index contributed by atoms with van der Waals surface area (Å²) in [5.41, 5.74) is 3.30. The minimum absolute atomic E-state index is 0. The first-order valence-electron chi connectivity index (χ1n) is 10.4. The van der Waals surface area contributed by atoms with Crippen molar-refractivity contribution in [3.8, 4) is 0 Å². The van der Waals surface area contributed by atoms with Crippen LogP contribution in [-0.4, -0.2) is 36.0 Å². The molecule has 0 radical (unpaired) electrons. The molecule has 32 heavy (non-hydrogen) atoms. The molecule has 0 aliphatic rings. The van der Waals surface area contributed by atoms with Crippen LogP contribution in [-0.2, 0) is 13.0 Å². The third-order valence-corrected chi connectivity index (χ3v) is 4.78. The Morgan fingerprint density at radius 1 is 1.12 bits per heavy atom. The fourth-order valence-electron chi connectivity index (χ4n) is 3.31. The molecule has 0 spiro atoms. The van der Waals surface area contributed by atoms with Gasteiger partial charge in [-0.15, -0.1) is 24.0 Å². The average molecular weight is 551 g/mol. The zero-order valence-electron chi connectivity index (χ0n) is 18.9. The highest BCUT2D eigenvalue weighted by Gasteiger charge is 2.15. The first-order valence-corrected chi connectivity index (χ1v) is 10.4. The van der Waals surface area contributed by atoms with E-state index < -0.39 is 0 Å². The van der Waals surface area contributed by atoms with Gasteiger partial charge in [0.2, 0.25) is 0 Å². The van der Waals surface area contributed by atoms with E-state index >= 15 is 0 Å². The van der Waals surface area contributed by atoms with Crippen LogP contribution < -0.4 is 16.0 Å². The molecule has 1 amide bonds. The molecule has 8 heteroatoms. The van der Waals surface area contributed by atoms with Crippen molar-refractivity contribution in [3.05, 3.63) is 71.2 Å². The Bertz CT molecular complexity index is 1090. The summed E-state index contributed by atoms with van der Waals surface area (Å²) in [6.45, 7) is 7.06. The maximum atomic E-state index is 13.5. The van der Waals surface area contributed by atoms with Gasteiger partial charge in [-0.25, -0.2) is 4.39 Å². The van der Waals surface area contributed by atoms with Crippen molar-refractivity contribution >= 4 is 46.7 Å². The SMILES string of the molecule is CN=C(NCCc1c[nH]c2ccc(F)cc12)NCc1cccc(C(=O)NC(C)(C)C)c1.I. The van der Waals surface area contributed by atoms with E-state index in [1.807, 2.05) is 51.2 Å². The largest absolute Gasteiger partial charge is 0.361 e. The number of nitrogens with zero attached hydrogens (tertiary/aromatic N) is 1. The first-order chi connectivity index (χ1) is 14.7. The van der Waals surface area contributed by atoms with E-state index in [9.17, 15) is 9.18 Å². The fraction of sp³-hybridized carbons (Fsp3) is 0.333. The van der Waals surface area contributed by atoms with Gasteiger partial charge in [-0.1, -0.05) is 12.1 Å². The van der Waals surface area contributed by atoms with E-state index in [1.165, 1.54) is 6.07 Å². The van der Waals surface area contributed by atoms with Crippen LogP contribution in [0.2, 0.25) is 0 Å². The second-order valence-electron chi connectivity index (χ2n) is 8.51. The molecular formula is C24H31FIN5O. The lowest BCUT2D eigenvalue weighted by molar-refractivity contribution is 0.0919. The standard InChI is InChI=1S/C24H30FN5O.HI/c1-24(2,3)30-22(31)17-7-5-6-16(12-17)14-29-23(26-4)27-11-10-18-15-28-21-9-8-19(25)13-20(18)21;/h5-9,12-13,15,28H,10-11,14H2,1-4H3,(H,30,31)(H2,26,27,29);1H. The number of halogens is 2. The molecule has 3 aromatic rings. The van der Waals surface area contributed by atoms with Crippen molar-refractivity contribution in [1.29, 1.82) is 0 Å². The highest BCUT2D eigenvalue weighted by Crippen LogP contribution is 2.19. The van der Waals surface area contributed by atoms with Crippen molar-refractivity contribution in [3.63, 3.8) is 0 Å². The number of H-pyrrole nitrogens is 1. The summed E-state index contributed by atoms with van der Waals surface area (Å²) in [5, 5.41) is 10.4. The zero-order valence-corrected chi connectivity index (χ0v) is 21.2. The average Bonchev–Trinajstić information content (AvgIpc) is 3.11. The second kappa shape index (κ2) is 11.3. The molecule has 1 heterocycles. The van der Waals surface area contributed by atoms with Gasteiger partial charge in [0.15, 0.2) is 5.96 Å². The Balaban J connectivity index is 0.00000363. The lowest BCUT2D eigenvalue weighted by atomic mass is 10.1. The molecule has 1 aromatic heterocycles. The smallest absolute Gasteiger partial charge is 0.251 e. The van der Waals surface area contributed by atoms with Gasteiger partial charge >= 0.3 is 0 Å². The number of nitrogens with one attached hydrogen (secondary N) is 4. The summed E-state index contributed by atoms with van der Waals surface area (Å²) in [5.74, 6) is 0.333. The predicted molar refractivity (Wildman–Crippen MR) is 139 cm³/mol. The van der Waals surface area contributed by atoms with Crippen LogP contribution >= 0.6 is 24.0 Å². The van der Waals surface area contributed by atoms with Crippen molar-refractivity contribution in [2.45, 2.75) is 39.3 Å². The van der Waals surface area contributed by atoms with Gasteiger partial charge < -0.3 is 20.9 Å². The Kier molecular flexibility index (Phi) is 9.06. The molecule has 2 aromatic carbocycles. The van der Waals surface area contributed by atoms with Gasteiger partial charge in [0.25, 0.3) is 5.91 Å². The minimum atomic E-state index is -0.284. The normalized spacial score (nSPS) is 11.7. The lowest BCUT2D eigenvalue weighted by Gasteiger charge is -2.20. The van der Waals surface area contributed by atoms with Crippen molar-refractivity contribution in [1.82, 2.24) is 20.9 Å². The monoisotopic (exact) mass is 551 g/mol. The first kappa shape index (κ1) is 25.6. The van der Waals surface area contributed by atoms with Gasteiger partial charge in [0.1, 0.15) is 5.82 Å². The summed E-state index contributed by atoms with van der Waals surface area (Å²) in [6, 6.07) is 12.3. The van der Waals surface area contributed by atoms with Crippen molar-refractivity contribution in [2.75, 3.05) is 13.6 Å². The number of guanidine groups is 1. The topological polar surface area (TPSA) is 81.3 Å². The number of aromatic nitrogens is 1. The number of aromatic amines is 1. The van der Waals surface area contributed by atoms with E-state index in [-0.39, 0.29) is 41.2 Å². The van der Waals surface area contributed by atoms with Crippen LogP contribution in [0, 0.1) is 5.82 Å². The Morgan fingerprint density at radius 3 is 2.62 bits per heavy atom. The quantitative estimate of drug-likeness (QED) is 0.209. The molecule has 6 nitrogen and oxygen atoms in total. The maximum Gasteiger partial charge on any atom is 0.251 e. The number of carbonyl (C=O) groups is 1. The van der Waals surface area contributed by atoms with E-state index in [0.29, 0.717) is 24.6 Å². The fourth-order valence-corrected chi connectivity index (χ4v) is 3.31. The minimum Gasteiger partial charge on any atom is -0.361 e. The molecule has 0 bridgehead atoms. The van der Waals surface area contributed by atoms with Crippen molar-refractivity contribution < 1.29 is 9.18 Å². The number of aliphatic imine (C=N–C) groups is 1. The molecular weight excluding hydrogens is 520 g/mol. The highest BCUT2D eigenvalue weighted by molar-refractivity contribution is 14.0. The Labute approximate surface area is 205 Å². The molecule has 0 saturated heterocycles. The second-order valence-corrected chi connectivity index (χ2v) is 8.51. The van der Waals surface area contributed by atoms with Gasteiger partial charge in [0, 0.05) is 48.3 Å². The van der Waals surface area contributed by atoms with Crippen LogP contribution in [0.5, 0.6) is 0 Å². The molecule has 172 valence electrons. The van der Waals surface area contributed by atoms with E-state index in [4.69, 9.17) is 0 Å². The summed E-state index contributed by atoms with van der Waals surface area (Å²) in [4.78, 5) is 19.8. The number of hydrogen-bond acceptors (Lipinski definition) is 2. The number of fused-ring (bicyclic) bond motifs is 1. The van der Waals surface area contributed by atoms with Gasteiger partial charge in [-0.3, -0.25) is 9.79 Å². The molecule has 0 fully saturated rings. The molecule has 0 saturated carbocycles. The van der Waals surface area contributed by atoms with Gasteiger partial charge in [0.05, 0.1) is 0 Å². The summed E-state index contributed by atoms with van der Waals surface area (Å²) < 4.78 is 13.5. The van der Waals surface area contributed by atoms with Gasteiger partial charge in [-0.05, 0) is 68.7 Å². The highest BCUT2D eigenvalue weighted by atomic mass is 127. The van der Waals surface area contributed by atoms with Crippen LogP contribution in [0.1, 0.15) is 42.3 Å². The van der Waals surface area contributed by atoms with Crippen LogP contribution in [0.4, 0.5) is 4.39 Å². The van der Waals surface area contributed by atoms with E-state index in [1.54, 1.807) is 19.2 Å². The van der Waals surface area contributed by atoms with E-state index in [0.717, 1.165) is 28.5 Å². The third-order valence-electron chi connectivity index (χ3n) is 4.78. The van der Waals surface area contributed by atoms with Crippen LogP contribution in [0.15, 0.2) is 53.7 Å².